The molecule has 0 saturated carbocycles. The molecule has 0 unspecified atom stereocenters. The Morgan fingerprint density at radius 2 is 1.74 bits per heavy atom. The van der Waals surface area contributed by atoms with Gasteiger partial charge in [-0.1, -0.05) is 0 Å². The first-order chi connectivity index (χ1) is 15.7. The van der Waals surface area contributed by atoms with Crippen LogP contribution in [0.25, 0.3) is 0 Å². The van der Waals surface area contributed by atoms with Gasteiger partial charge in [-0.05, 0) is 79.4 Å². The van der Waals surface area contributed by atoms with Crippen LogP contribution in [0, 0.1) is 6.92 Å². The van der Waals surface area contributed by atoms with Gasteiger partial charge >= 0.3 is 12.2 Å². The molecule has 0 aliphatic carbocycles. The van der Waals surface area contributed by atoms with Crippen molar-refractivity contribution < 1.29 is 19.1 Å². The van der Waals surface area contributed by atoms with Crippen LogP contribution in [0.1, 0.15) is 71.2 Å². The third-order valence-corrected chi connectivity index (χ3v) is 5.88. The molecule has 2 amide bonds. The van der Waals surface area contributed by atoms with Crippen LogP contribution in [0.5, 0.6) is 0 Å². The highest BCUT2D eigenvalue weighted by Gasteiger charge is 2.52. The molecule has 1 aromatic rings. The maximum Gasteiger partial charge on any atom is 0.416 e. The van der Waals surface area contributed by atoms with Gasteiger partial charge in [-0.3, -0.25) is 4.90 Å². The summed E-state index contributed by atoms with van der Waals surface area (Å²) < 4.78 is 11.4. The molecule has 3 N–H and O–H groups in total. The molecular formula is C24H38N6O4. The zero-order chi connectivity index (χ0) is 25.5. The molecular weight excluding hydrogens is 436 g/mol. The smallest absolute Gasteiger partial charge is 0.416 e. The van der Waals surface area contributed by atoms with E-state index >= 15 is 0 Å². The number of likely N-dealkylation sites (tertiary alicyclic amines) is 1. The van der Waals surface area contributed by atoms with Crippen molar-refractivity contribution in [3.8, 4) is 0 Å². The summed E-state index contributed by atoms with van der Waals surface area (Å²) in [5.41, 5.74) is 9.18. The molecule has 3 heterocycles. The van der Waals surface area contributed by atoms with Gasteiger partial charge in [0.05, 0.1) is 11.2 Å². The van der Waals surface area contributed by atoms with Gasteiger partial charge in [-0.15, -0.1) is 0 Å². The Morgan fingerprint density at radius 1 is 1.12 bits per heavy atom. The number of pyridine rings is 1. The monoisotopic (exact) mass is 474 g/mol. The van der Waals surface area contributed by atoms with Crippen molar-refractivity contribution >= 4 is 23.8 Å². The lowest BCUT2D eigenvalue weighted by molar-refractivity contribution is 0.0272. The first-order valence-corrected chi connectivity index (χ1v) is 11.7. The van der Waals surface area contributed by atoms with Crippen LogP contribution in [0.4, 0.5) is 15.4 Å². The lowest BCUT2D eigenvalue weighted by Crippen LogP contribution is -2.58. The summed E-state index contributed by atoms with van der Waals surface area (Å²) in [7, 11) is 1.68. The van der Waals surface area contributed by atoms with E-state index in [1.165, 1.54) is 0 Å². The van der Waals surface area contributed by atoms with Crippen LogP contribution in [-0.2, 0) is 15.9 Å². The molecule has 2 aliphatic heterocycles. The standard InChI is InChI=1S/C24H38N6O4/c1-15-17(18(25)28-26-8)13-16-9-10-24(11-12-29(14-24)20(31)33-22(2,3)4)30(19(16)27-15)21(32)34-23(5,6)7/h13,26H,9-12,14H2,1-8H3,(H2,25,28)/t24-/m0/s1. The van der Waals surface area contributed by atoms with Gasteiger partial charge in [0.15, 0.2) is 5.84 Å². The van der Waals surface area contributed by atoms with Crippen molar-refractivity contribution in [1.82, 2.24) is 15.3 Å². The highest BCUT2D eigenvalue weighted by molar-refractivity contribution is 5.99. The Labute approximate surface area is 201 Å². The van der Waals surface area contributed by atoms with Crippen molar-refractivity contribution in [2.45, 2.75) is 84.5 Å². The average Bonchev–Trinajstić information content (AvgIpc) is 3.09. The number of nitrogens with zero attached hydrogens (tertiary/aromatic N) is 4. The van der Waals surface area contributed by atoms with E-state index in [0.29, 0.717) is 49.7 Å². The molecule has 1 saturated heterocycles. The Bertz CT molecular complexity index is 994. The quantitative estimate of drug-likeness (QED) is 0.383. The maximum atomic E-state index is 13.5. The summed E-state index contributed by atoms with van der Waals surface area (Å²) in [6.07, 6.45) is 1.10. The number of carbonyl (C=O) groups is 2. The van der Waals surface area contributed by atoms with Crippen molar-refractivity contribution in [1.29, 1.82) is 0 Å². The molecule has 188 valence electrons. The molecule has 10 heteroatoms. The fourth-order valence-corrected chi connectivity index (χ4v) is 4.47. The Kier molecular flexibility index (Phi) is 6.74. The Hall–Kier alpha value is -3.04. The number of rotatable bonds is 2. The van der Waals surface area contributed by atoms with E-state index in [1.807, 2.05) is 54.5 Å². The molecule has 0 radical (unpaired) electrons. The van der Waals surface area contributed by atoms with Crippen LogP contribution in [0.15, 0.2) is 11.2 Å². The number of amidine groups is 1. The summed E-state index contributed by atoms with van der Waals surface area (Å²) >= 11 is 0. The Balaban J connectivity index is 2.03. The highest BCUT2D eigenvalue weighted by Crippen LogP contribution is 2.43. The minimum atomic E-state index is -0.682. The fraction of sp³-hybridized carbons (Fsp3) is 0.667. The van der Waals surface area contributed by atoms with Crippen molar-refractivity contribution in [2.75, 3.05) is 25.0 Å². The molecule has 3 rings (SSSR count). The van der Waals surface area contributed by atoms with Gasteiger partial charge in [-0.25, -0.2) is 14.6 Å². The summed E-state index contributed by atoms with van der Waals surface area (Å²) in [4.78, 5) is 34.5. The molecule has 34 heavy (non-hydrogen) atoms. The zero-order valence-electron chi connectivity index (χ0n) is 21.6. The number of ether oxygens (including phenoxy) is 2. The largest absolute Gasteiger partial charge is 0.444 e. The fourth-order valence-electron chi connectivity index (χ4n) is 4.47. The molecule has 1 aromatic heterocycles. The van der Waals surface area contributed by atoms with Crippen LogP contribution in [-0.4, -0.2) is 64.8 Å². The van der Waals surface area contributed by atoms with Gasteiger partial charge in [0.2, 0.25) is 0 Å². The van der Waals surface area contributed by atoms with Crippen LogP contribution < -0.4 is 16.1 Å². The predicted octanol–water partition coefficient (Wildman–Crippen LogP) is 3.30. The lowest BCUT2D eigenvalue weighted by Gasteiger charge is -2.44. The second-order valence-electron chi connectivity index (χ2n) is 11.0. The van der Waals surface area contributed by atoms with E-state index in [2.05, 4.69) is 10.5 Å². The molecule has 10 nitrogen and oxygen atoms in total. The number of amides is 2. The van der Waals surface area contributed by atoms with Crippen molar-refractivity contribution in [3.63, 3.8) is 0 Å². The minimum Gasteiger partial charge on any atom is -0.444 e. The number of anilines is 1. The number of fused-ring (bicyclic) bond motifs is 1. The van der Waals surface area contributed by atoms with E-state index in [4.69, 9.17) is 20.2 Å². The second-order valence-corrected chi connectivity index (χ2v) is 11.0. The van der Waals surface area contributed by atoms with E-state index < -0.39 is 22.8 Å². The third kappa shape index (κ3) is 5.37. The number of hydrazone groups is 1. The molecule has 2 aliphatic rings. The van der Waals surface area contributed by atoms with E-state index in [-0.39, 0.29) is 6.09 Å². The molecule has 1 fully saturated rings. The first-order valence-electron chi connectivity index (χ1n) is 11.7. The number of hydrogen-bond donors (Lipinski definition) is 2. The third-order valence-electron chi connectivity index (χ3n) is 5.88. The summed E-state index contributed by atoms with van der Waals surface area (Å²) in [6.45, 7) is 13.7. The first kappa shape index (κ1) is 25.6. The van der Waals surface area contributed by atoms with E-state index in [0.717, 1.165) is 11.1 Å². The minimum absolute atomic E-state index is 0.330. The number of nitrogens with two attached hydrogens (primary N) is 1. The number of aromatic nitrogens is 1. The van der Waals surface area contributed by atoms with Gasteiger partial charge in [0, 0.05) is 25.7 Å². The SMILES string of the molecule is CN/N=C(\N)c1cc2c(nc1C)N(C(=O)OC(C)(C)C)[C@@]1(CC2)CCN(C(=O)OC(C)(C)C)C1. The molecule has 0 bridgehead atoms. The zero-order valence-corrected chi connectivity index (χ0v) is 21.6. The second kappa shape index (κ2) is 8.96. The molecule has 1 spiro atoms. The number of nitrogens with one attached hydrogen (secondary N) is 1. The number of hydrogen-bond acceptors (Lipinski definition) is 7. The van der Waals surface area contributed by atoms with Crippen LogP contribution in [0.2, 0.25) is 0 Å². The predicted molar refractivity (Wildman–Crippen MR) is 131 cm³/mol. The van der Waals surface area contributed by atoms with Gasteiger partial charge < -0.3 is 25.5 Å². The summed E-state index contributed by atoms with van der Waals surface area (Å²) in [6, 6.07) is 1.94. The van der Waals surface area contributed by atoms with Crippen molar-refractivity contribution in [3.05, 3.63) is 22.9 Å². The normalized spacial score (nSPS) is 20.9. The van der Waals surface area contributed by atoms with Gasteiger partial charge in [0.25, 0.3) is 0 Å². The van der Waals surface area contributed by atoms with Crippen LogP contribution in [0.3, 0.4) is 0 Å². The molecule has 1 atom stereocenters. The van der Waals surface area contributed by atoms with Crippen LogP contribution >= 0.6 is 0 Å². The Morgan fingerprint density at radius 3 is 2.32 bits per heavy atom. The average molecular weight is 475 g/mol. The van der Waals surface area contributed by atoms with Gasteiger partial charge in [0.1, 0.15) is 17.0 Å². The number of aryl methyl sites for hydroxylation is 2. The highest BCUT2D eigenvalue weighted by atomic mass is 16.6. The topological polar surface area (TPSA) is 122 Å². The number of carbonyl (C=O) groups excluding carboxylic acids is 2. The van der Waals surface area contributed by atoms with E-state index in [1.54, 1.807) is 16.8 Å². The molecule has 0 aromatic carbocycles. The lowest BCUT2D eigenvalue weighted by atomic mass is 9.84. The van der Waals surface area contributed by atoms with E-state index in [9.17, 15) is 9.59 Å². The summed E-state index contributed by atoms with van der Waals surface area (Å²) in [5, 5.41) is 4.08. The van der Waals surface area contributed by atoms with Gasteiger partial charge in [-0.2, -0.15) is 5.10 Å². The maximum absolute atomic E-state index is 13.5. The summed E-state index contributed by atoms with van der Waals surface area (Å²) in [5.74, 6) is 0.876. The van der Waals surface area contributed by atoms with Crippen molar-refractivity contribution in [2.24, 2.45) is 10.8 Å².